The van der Waals surface area contributed by atoms with Crippen molar-refractivity contribution in [1.82, 2.24) is 10.2 Å². The average Bonchev–Trinajstić information content (AvgIpc) is 2.38. The highest BCUT2D eigenvalue weighted by atomic mass is 32.2. The average molecular weight is 316 g/mol. The number of piperidine rings is 1. The van der Waals surface area contributed by atoms with E-state index in [1.807, 2.05) is 0 Å². The second-order valence-corrected chi connectivity index (χ2v) is 8.98. The van der Waals surface area contributed by atoms with Gasteiger partial charge in [0.2, 0.25) is 5.91 Å². The molecule has 1 N–H and O–H groups in total. The minimum Gasteiger partial charge on any atom is -0.351 e. The maximum Gasteiger partial charge on any atom is 0.237 e. The van der Waals surface area contributed by atoms with Gasteiger partial charge in [0, 0.05) is 6.04 Å². The number of carbonyl (C=O) groups excluding carboxylic acids is 1. The summed E-state index contributed by atoms with van der Waals surface area (Å²) in [5, 5.41) is 2.99. The summed E-state index contributed by atoms with van der Waals surface area (Å²) in [6.45, 7) is 6.07. The van der Waals surface area contributed by atoms with Gasteiger partial charge in [0.1, 0.15) is 0 Å². The van der Waals surface area contributed by atoms with Crippen molar-refractivity contribution < 1.29 is 13.2 Å². The van der Waals surface area contributed by atoms with Crippen LogP contribution in [-0.4, -0.2) is 55.9 Å². The van der Waals surface area contributed by atoms with E-state index in [1.165, 1.54) is 6.42 Å². The smallest absolute Gasteiger partial charge is 0.237 e. The topological polar surface area (TPSA) is 66.5 Å². The molecule has 21 heavy (non-hydrogen) atoms. The third-order valence-corrected chi connectivity index (χ3v) is 6.31. The highest BCUT2D eigenvalue weighted by Gasteiger charge is 2.33. The first kappa shape index (κ1) is 16.7. The van der Waals surface area contributed by atoms with Gasteiger partial charge < -0.3 is 5.32 Å². The molecule has 0 bridgehead atoms. The minimum absolute atomic E-state index is 0.00833. The third-order valence-electron chi connectivity index (χ3n) is 4.49. The molecule has 2 aliphatic heterocycles. The van der Waals surface area contributed by atoms with Crippen LogP contribution >= 0.6 is 0 Å². The number of sulfone groups is 1. The van der Waals surface area contributed by atoms with Gasteiger partial charge in [-0.25, -0.2) is 8.42 Å². The number of carbonyl (C=O) groups is 1. The summed E-state index contributed by atoms with van der Waals surface area (Å²) in [5.41, 5.74) is 0. The molecular formula is C15H28N2O3S. The van der Waals surface area contributed by atoms with Crippen LogP contribution in [-0.2, 0) is 14.6 Å². The highest BCUT2D eigenvalue weighted by molar-refractivity contribution is 7.91. The van der Waals surface area contributed by atoms with Crippen LogP contribution in [0.15, 0.2) is 0 Å². The van der Waals surface area contributed by atoms with Crippen LogP contribution in [0.2, 0.25) is 0 Å². The van der Waals surface area contributed by atoms with Gasteiger partial charge in [-0.1, -0.05) is 20.3 Å². The van der Waals surface area contributed by atoms with Crippen molar-refractivity contribution in [3.63, 3.8) is 0 Å². The van der Waals surface area contributed by atoms with Crippen LogP contribution < -0.4 is 5.32 Å². The van der Waals surface area contributed by atoms with E-state index < -0.39 is 9.84 Å². The van der Waals surface area contributed by atoms with Gasteiger partial charge in [0.05, 0.1) is 17.5 Å². The van der Waals surface area contributed by atoms with Gasteiger partial charge in [0.15, 0.2) is 9.84 Å². The van der Waals surface area contributed by atoms with Crippen LogP contribution in [0.3, 0.4) is 0 Å². The Balaban J connectivity index is 1.98. The predicted molar refractivity (Wildman–Crippen MR) is 83.9 cm³/mol. The summed E-state index contributed by atoms with van der Waals surface area (Å²) in [7, 11) is -2.98. The van der Waals surface area contributed by atoms with Gasteiger partial charge in [-0.15, -0.1) is 0 Å². The molecule has 0 aromatic heterocycles. The molecule has 0 aromatic rings. The van der Waals surface area contributed by atoms with Crippen LogP contribution in [0.4, 0.5) is 0 Å². The molecular weight excluding hydrogens is 288 g/mol. The molecule has 0 unspecified atom stereocenters. The largest absolute Gasteiger partial charge is 0.351 e. The molecule has 5 nitrogen and oxygen atoms in total. The van der Waals surface area contributed by atoms with E-state index in [0.717, 1.165) is 32.4 Å². The van der Waals surface area contributed by atoms with Crippen molar-refractivity contribution in [3.05, 3.63) is 0 Å². The Bertz CT molecular complexity index is 456. The molecule has 0 aromatic carbocycles. The Morgan fingerprint density at radius 1 is 1.14 bits per heavy atom. The summed E-state index contributed by atoms with van der Waals surface area (Å²) >= 11 is 0. The van der Waals surface area contributed by atoms with Crippen molar-refractivity contribution in [2.75, 3.05) is 24.6 Å². The van der Waals surface area contributed by atoms with Crippen molar-refractivity contribution in [1.29, 1.82) is 0 Å². The standard InChI is InChI=1S/C15H28N2O3S/c1-12(2)14(17-8-4-3-5-9-17)15(18)16-13-7-6-10-21(19,20)11-13/h12-14H,3-11H2,1-2H3,(H,16,18)/t13-,14-/m0/s1. The number of likely N-dealkylation sites (tertiary alicyclic amines) is 1. The van der Waals surface area contributed by atoms with Gasteiger partial charge in [-0.05, 0) is 44.7 Å². The molecule has 0 saturated carbocycles. The monoisotopic (exact) mass is 316 g/mol. The lowest BCUT2D eigenvalue weighted by Gasteiger charge is -2.37. The number of amides is 1. The van der Waals surface area contributed by atoms with Crippen LogP contribution in [0.25, 0.3) is 0 Å². The predicted octanol–water partition coefficient (Wildman–Crippen LogP) is 1.19. The highest BCUT2D eigenvalue weighted by Crippen LogP contribution is 2.19. The number of hydrogen-bond acceptors (Lipinski definition) is 4. The molecule has 122 valence electrons. The number of nitrogens with zero attached hydrogens (tertiary/aromatic N) is 1. The van der Waals surface area contributed by atoms with E-state index in [0.29, 0.717) is 6.42 Å². The number of rotatable bonds is 4. The normalized spacial score (nSPS) is 28.2. The Morgan fingerprint density at radius 3 is 2.38 bits per heavy atom. The van der Waals surface area contributed by atoms with E-state index in [-0.39, 0.29) is 35.4 Å². The van der Waals surface area contributed by atoms with Crippen LogP contribution in [0, 0.1) is 5.92 Å². The van der Waals surface area contributed by atoms with Crippen molar-refractivity contribution in [2.24, 2.45) is 5.92 Å². The molecule has 0 spiro atoms. The first-order valence-corrected chi connectivity index (χ1v) is 9.96. The van der Waals surface area contributed by atoms with Crippen molar-refractivity contribution >= 4 is 15.7 Å². The quantitative estimate of drug-likeness (QED) is 0.846. The minimum atomic E-state index is -2.98. The molecule has 2 aliphatic rings. The summed E-state index contributed by atoms with van der Waals surface area (Å²) in [6, 6.07) is -0.336. The van der Waals surface area contributed by atoms with Gasteiger partial charge in [-0.3, -0.25) is 9.69 Å². The Labute approximate surface area is 128 Å². The Morgan fingerprint density at radius 2 is 1.81 bits per heavy atom. The molecule has 2 rings (SSSR count). The van der Waals surface area contributed by atoms with Crippen LogP contribution in [0.5, 0.6) is 0 Å². The second kappa shape index (κ2) is 7.09. The molecule has 2 saturated heterocycles. The van der Waals surface area contributed by atoms with E-state index >= 15 is 0 Å². The van der Waals surface area contributed by atoms with E-state index in [4.69, 9.17) is 0 Å². The fraction of sp³-hybridized carbons (Fsp3) is 0.933. The Hall–Kier alpha value is -0.620. The number of hydrogen-bond donors (Lipinski definition) is 1. The SMILES string of the molecule is CC(C)[C@@H](C(=O)N[C@H]1CCCS(=O)(=O)C1)N1CCCCC1. The molecule has 0 radical (unpaired) electrons. The zero-order valence-corrected chi connectivity index (χ0v) is 14.0. The summed E-state index contributed by atoms with van der Waals surface area (Å²) < 4.78 is 23.4. The molecule has 1 amide bonds. The lowest BCUT2D eigenvalue weighted by molar-refractivity contribution is -0.129. The van der Waals surface area contributed by atoms with Crippen LogP contribution in [0.1, 0.15) is 46.0 Å². The lowest BCUT2D eigenvalue weighted by Crippen LogP contribution is -2.55. The Kier molecular flexibility index (Phi) is 5.66. The zero-order valence-electron chi connectivity index (χ0n) is 13.2. The van der Waals surface area contributed by atoms with E-state index in [2.05, 4.69) is 24.1 Å². The first-order valence-electron chi connectivity index (χ1n) is 8.14. The molecule has 2 atom stereocenters. The maximum atomic E-state index is 12.6. The maximum absolute atomic E-state index is 12.6. The molecule has 2 heterocycles. The molecule has 6 heteroatoms. The molecule has 2 fully saturated rings. The second-order valence-electron chi connectivity index (χ2n) is 6.75. The number of nitrogens with one attached hydrogen (secondary N) is 1. The summed E-state index contributed by atoms with van der Waals surface area (Å²) in [4.78, 5) is 14.9. The third kappa shape index (κ3) is 4.68. The summed E-state index contributed by atoms with van der Waals surface area (Å²) in [5.74, 6) is 0.611. The van der Waals surface area contributed by atoms with E-state index in [9.17, 15) is 13.2 Å². The fourth-order valence-electron chi connectivity index (χ4n) is 3.51. The lowest BCUT2D eigenvalue weighted by atomic mass is 9.98. The first-order chi connectivity index (χ1) is 9.89. The van der Waals surface area contributed by atoms with Crippen molar-refractivity contribution in [3.8, 4) is 0 Å². The summed E-state index contributed by atoms with van der Waals surface area (Å²) in [6.07, 6.45) is 4.96. The fourth-order valence-corrected chi connectivity index (χ4v) is 5.15. The van der Waals surface area contributed by atoms with E-state index in [1.54, 1.807) is 0 Å². The van der Waals surface area contributed by atoms with Crippen molar-refractivity contribution in [2.45, 2.75) is 58.0 Å². The van der Waals surface area contributed by atoms with Gasteiger partial charge >= 0.3 is 0 Å². The molecule has 0 aliphatic carbocycles. The van der Waals surface area contributed by atoms with Gasteiger partial charge in [-0.2, -0.15) is 0 Å². The van der Waals surface area contributed by atoms with Gasteiger partial charge in [0.25, 0.3) is 0 Å². The zero-order chi connectivity index (χ0) is 15.5.